The van der Waals surface area contributed by atoms with Gasteiger partial charge >= 0.3 is 5.97 Å². The second-order valence-corrected chi connectivity index (χ2v) is 4.83. The summed E-state index contributed by atoms with van der Waals surface area (Å²) in [6.45, 7) is 2.63. The molecule has 0 aliphatic heterocycles. The Morgan fingerprint density at radius 2 is 2.21 bits per heavy atom. The van der Waals surface area contributed by atoms with Gasteiger partial charge in [-0.1, -0.05) is 11.6 Å². The fourth-order valence-corrected chi connectivity index (χ4v) is 2.28. The SMILES string of the molecule is COC(=O)c1cn(CCCO)c2cc(Cl)c(C)cc12. The number of hydrogen-bond acceptors (Lipinski definition) is 3. The zero-order valence-electron chi connectivity index (χ0n) is 10.9. The van der Waals surface area contributed by atoms with Crippen molar-refractivity contribution < 1.29 is 14.6 Å². The molecule has 0 spiro atoms. The molecule has 1 N–H and O–H groups in total. The number of aromatic nitrogens is 1. The van der Waals surface area contributed by atoms with E-state index in [9.17, 15) is 4.79 Å². The summed E-state index contributed by atoms with van der Waals surface area (Å²) in [6.07, 6.45) is 2.37. The number of esters is 1. The Morgan fingerprint density at radius 3 is 2.84 bits per heavy atom. The third kappa shape index (κ3) is 2.60. The van der Waals surface area contributed by atoms with E-state index < -0.39 is 0 Å². The van der Waals surface area contributed by atoms with E-state index in [1.807, 2.05) is 23.6 Å². The standard InChI is InChI=1S/C14H16ClNO3/c1-9-6-10-11(14(18)19-2)8-16(4-3-5-17)13(10)7-12(9)15/h6-8,17H,3-5H2,1-2H3. The van der Waals surface area contributed by atoms with Crippen LogP contribution in [0.5, 0.6) is 0 Å². The minimum atomic E-state index is -0.366. The van der Waals surface area contributed by atoms with Crippen molar-refractivity contribution in [3.63, 3.8) is 0 Å². The molecule has 0 saturated carbocycles. The first-order chi connectivity index (χ1) is 9.08. The number of fused-ring (bicyclic) bond motifs is 1. The number of aryl methyl sites for hydroxylation is 2. The molecule has 0 amide bonds. The third-order valence-electron chi connectivity index (χ3n) is 3.12. The highest BCUT2D eigenvalue weighted by Gasteiger charge is 2.16. The molecule has 0 aliphatic rings. The van der Waals surface area contributed by atoms with Crippen LogP contribution < -0.4 is 0 Å². The number of aliphatic hydroxyl groups excluding tert-OH is 1. The minimum absolute atomic E-state index is 0.104. The lowest BCUT2D eigenvalue weighted by Crippen LogP contribution is -2.01. The molecule has 2 aromatic rings. The van der Waals surface area contributed by atoms with Crippen LogP contribution in [0, 0.1) is 6.92 Å². The Hall–Kier alpha value is -1.52. The van der Waals surface area contributed by atoms with Crippen LogP contribution in [0.3, 0.4) is 0 Å². The van der Waals surface area contributed by atoms with Gasteiger partial charge in [0.15, 0.2) is 0 Å². The number of methoxy groups -OCH3 is 1. The van der Waals surface area contributed by atoms with Crippen LogP contribution in [-0.2, 0) is 11.3 Å². The largest absolute Gasteiger partial charge is 0.465 e. The highest BCUT2D eigenvalue weighted by Crippen LogP contribution is 2.28. The van der Waals surface area contributed by atoms with Gasteiger partial charge in [0, 0.05) is 29.8 Å². The highest BCUT2D eigenvalue weighted by molar-refractivity contribution is 6.32. The van der Waals surface area contributed by atoms with Crippen LogP contribution in [0.1, 0.15) is 22.3 Å². The van der Waals surface area contributed by atoms with Crippen molar-refractivity contribution in [2.75, 3.05) is 13.7 Å². The zero-order chi connectivity index (χ0) is 14.0. The number of carbonyl (C=O) groups is 1. The van der Waals surface area contributed by atoms with Crippen LogP contribution in [-0.4, -0.2) is 29.4 Å². The predicted molar refractivity (Wildman–Crippen MR) is 74.7 cm³/mol. The zero-order valence-corrected chi connectivity index (χ0v) is 11.7. The van der Waals surface area contributed by atoms with Gasteiger partial charge in [0.2, 0.25) is 0 Å². The summed E-state index contributed by atoms with van der Waals surface area (Å²) in [5.41, 5.74) is 2.32. The Bertz CT molecular complexity index is 619. The first-order valence-electron chi connectivity index (χ1n) is 6.06. The maximum absolute atomic E-state index is 11.8. The van der Waals surface area contributed by atoms with Crippen molar-refractivity contribution in [1.29, 1.82) is 0 Å². The average molecular weight is 282 g/mol. The molecule has 19 heavy (non-hydrogen) atoms. The van der Waals surface area contributed by atoms with Gasteiger partial charge in [-0.15, -0.1) is 0 Å². The minimum Gasteiger partial charge on any atom is -0.465 e. The normalized spacial score (nSPS) is 10.9. The Balaban J connectivity index is 2.62. The molecule has 0 unspecified atom stereocenters. The van der Waals surface area contributed by atoms with Crippen molar-refractivity contribution in [3.05, 3.63) is 34.5 Å². The van der Waals surface area contributed by atoms with Crippen LogP contribution in [0.15, 0.2) is 18.3 Å². The number of benzene rings is 1. The second kappa shape index (κ2) is 5.63. The molecule has 102 valence electrons. The van der Waals surface area contributed by atoms with E-state index in [-0.39, 0.29) is 12.6 Å². The highest BCUT2D eigenvalue weighted by atomic mass is 35.5. The molecular formula is C14H16ClNO3. The molecule has 0 atom stereocenters. The molecule has 1 heterocycles. The van der Waals surface area contributed by atoms with Crippen molar-refractivity contribution >= 4 is 28.5 Å². The fraction of sp³-hybridized carbons (Fsp3) is 0.357. The summed E-state index contributed by atoms with van der Waals surface area (Å²) in [4.78, 5) is 11.8. The first-order valence-corrected chi connectivity index (χ1v) is 6.44. The average Bonchev–Trinajstić information content (AvgIpc) is 2.74. The number of ether oxygens (including phenoxy) is 1. The number of aliphatic hydroxyl groups is 1. The molecule has 2 rings (SSSR count). The van der Waals surface area contributed by atoms with Gasteiger partial charge in [0.05, 0.1) is 18.2 Å². The molecule has 1 aromatic heterocycles. The molecule has 0 saturated heterocycles. The van der Waals surface area contributed by atoms with Crippen molar-refractivity contribution in [1.82, 2.24) is 4.57 Å². The van der Waals surface area contributed by atoms with Crippen molar-refractivity contribution in [3.8, 4) is 0 Å². The molecule has 0 bridgehead atoms. The van der Waals surface area contributed by atoms with Gasteiger partial charge in [0.1, 0.15) is 0 Å². The monoisotopic (exact) mass is 281 g/mol. The lowest BCUT2D eigenvalue weighted by atomic mass is 10.1. The number of halogens is 1. The molecule has 0 radical (unpaired) electrons. The van der Waals surface area contributed by atoms with E-state index in [2.05, 4.69) is 0 Å². The molecule has 4 nitrogen and oxygen atoms in total. The molecule has 5 heteroatoms. The van der Waals surface area contributed by atoms with E-state index in [4.69, 9.17) is 21.4 Å². The van der Waals surface area contributed by atoms with Gasteiger partial charge in [-0.3, -0.25) is 0 Å². The van der Waals surface area contributed by atoms with Gasteiger partial charge < -0.3 is 14.4 Å². The van der Waals surface area contributed by atoms with Crippen LogP contribution in [0.2, 0.25) is 5.02 Å². The molecular weight excluding hydrogens is 266 g/mol. The maximum Gasteiger partial charge on any atom is 0.340 e. The lowest BCUT2D eigenvalue weighted by molar-refractivity contribution is 0.0602. The van der Waals surface area contributed by atoms with Crippen LogP contribution in [0.25, 0.3) is 10.9 Å². The van der Waals surface area contributed by atoms with Crippen molar-refractivity contribution in [2.24, 2.45) is 0 Å². The summed E-state index contributed by atoms with van der Waals surface area (Å²) in [6, 6.07) is 3.73. The number of hydrogen-bond donors (Lipinski definition) is 1. The molecule has 0 aliphatic carbocycles. The van der Waals surface area contributed by atoms with Crippen LogP contribution >= 0.6 is 11.6 Å². The molecule has 1 aromatic carbocycles. The Morgan fingerprint density at radius 1 is 1.47 bits per heavy atom. The summed E-state index contributed by atoms with van der Waals surface area (Å²) in [7, 11) is 1.36. The summed E-state index contributed by atoms with van der Waals surface area (Å²) >= 11 is 6.14. The summed E-state index contributed by atoms with van der Waals surface area (Å²) < 4.78 is 6.72. The summed E-state index contributed by atoms with van der Waals surface area (Å²) in [5.74, 6) is -0.366. The smallest absolute Gasteiger partial charge is 0.340 e. The van der Waals surface area contributed by atoms with Gasteiger partial charge in [0.25, 0.3) is 0 Å². The Labute approximate surface area is 116 Å². The lowest BCUT2D eigenvalue weighted by Gasteiger charge is -2.05. The van der Waals surface area contributed by atoms with Gasteiger partial charge in [-0.05, 0) is 31.0 Å². The third-order valence-corrected chi connectivity index (χ3v) is 3.53. The quantitative estimate of drug-likeness (QED) is 0.877. The molecule has 0 fully saturated rings. The van der Waals surface area contributed by atoms with E-state index in [1.165, 1.54) is 7.11 Å². The van der Waals surface area contributed by atoms with Gasteiger partial charge in [-0.25, -0.2) is 4.79 Å². The summed E-state index contributed by atoms with van der Waals surface area (Å²) in [5, 5.41) is 10.4. The topological polar surface area (TPSA) is 51.5 Å². The first kappa shape index (κ1) is 13.9. The predicted octanol–water partition coefficient (Wildman–Crippen LogP) is 2.77. The van der Waals surface area contributed by atoms with Crippen LogP contribution in [0.4, 0.5) is 0 Å². The second-order valence-electron chi connectivity index (χ2n) is 4.42. The van der Waals surface area contributed by atoms with E-state index in [1.54, 1.807) is 6.20 Å². The fourth-order valence-electron chi connectivity index (χ4n) is 2.12. The number of rotatable bonds is 4. The van der Waals surface area contributed by atoms with E-state index >= 15 is 0 Å². The Kier molecular flexibility index (Phi) is 4.12. The van der Waals surface area contributed by atoms with Gasteiger partial charge in [-0.2, -0.15) is 0 Å². The van der Waals surface area contributed by atoms with E-state index in [0.717, 1.165) is 16.5 Å². The van der Waals surface area contributed by atoms with E-state index in [0.29, 0.717) is 23.6 Å². The number of carbonyl (C=O) groups excluding carboxylic acids is 1. The number of nitrogens with zero attached hydrogens (tertiary/aromatic N) is 1. The van der Waals surface area contributed by atoms with Crippen molar-refractivity contribution in [2.45, 2.75) is 19.9 Å². The maximum atomic E-state index is 11.8.